The van der Waals surface area contributed by atoms with E-state index in [1.807, 2.05) is 111 Å². The van der Waals surface area contributed by atoms with Crippen molar-refractivity contribution >= 4 is 265 Å². The second kappa shape index (κ2) is 70.8. The number of aliphatic imine (C=N–C) groups is 1. The lowest BCUT2D eigenvalue weighted by molar-refractivity contribution is -0.138. The van der Waals surface area contributed by atoms with Gasteiger partial charge in [0.05, 0.1) is 34.3 Å². The summed E-state index contributed by atoms with van der Waals surface area (Å²) in [5.41, 5.74) is 30.6. The van der Waals surface area contributed by atoms with Crippen LogP contribution in [0.1, 0.15) is 113 Å². The molecule has 3 aromatic carbocycles. The van der Waals surface area contributed by atoms with E-state index in [-0.39, 0.29) is 51.1 Å². The maximum absolute atomic E-state index is 12.4. The van der Waals surface area contributed by atoms with Gasteiger partial charge in [0.25, 0.3) is 17.7 Å². The number of para-hydroxylation sites is 3. The molecule has 10 heterocycles. The smallest absolute Gasteiger partial charge is 0.416 e. The molecule has 1 saturated carbocycles. The van der Waals surface area contributed by atoms with Crippen molar-refractivity contribution < 1.29 is 56.0 Å². The molecule has 0 radical (unpaired) electrons. The van der Waals surface area contributed by atoms with Crippen molar-refractivity contribution in [2.75, 3.05) is 34.8 Å². The Bertz CT molecular complexity index is 5940. The van der Waals surface area contributed by atoms with Crippen LogP contribution < -0.4 is 54.3 Å². The minimum Gasteiger partial charge on any atom is -0.439 e. The van der Waals surface area contributed by atoms with Gasteiger partial charge in [-0.3, -0.25) is 60.9 Å². The number of likely N-dealkylation sites (tertiary alicyclic amines) is 1. The Morgan fingerprint density at radius 3 is 1.58 bits per heavy atom. The van der Waals surface area contributed by atoms with Gasteiger partial charge in [0.15, 0.2) is 23.9 Å². The molecule has 9 aromatic heterocycles. The number of rotatable bonds is 27. The molecule has 12 aromatic rings. The first kappa shape index (κ1) is 121. The summed E-state index contributed by atoms with van der Waals surface area (Å²) in [5.74, 6) is -0.758. The molecule has 0 atom stereocenters. The number of halogens is 7. The molecule has 0 bridgehead atoms. The summed E-state index contributed by atoms with van der Waals surface area (Å²) in [7, 11) is 0. The minimum absolute atomic E-state index is 0.0139. The standard InChI is InChI=1S/C11H9N3O.C9H9F3N2.C9H8N2O.C8H8ClN3O.C7H6ClN3O.C7H9N3.C6H6ClN3.C6H11N3S.C6H8N2OS.C5H5ClN2OS.C5H7N3S.C5H8N2O.C4H6N2O2/c1-12-14-11(15)10-7-6-8-4-2-3-5-9(8)13-10;1-6-3-4-7(14-13-2)5-8(6)9(10,11)12;1-10-6-9-11-7-4-2-3-5-8(7)12-9;1-5-3-6(4-7(9)11-5)8(13)12-10-2;1-9-11-7(12)5-2-3-10-6(8)4-5;1-6-4-3-5-7(9-6)10-8-2;1-8-10-5-2-3-9-6(7)4-5;1-7-8-6(10)9-4-2-3-5-9;1-5-3-8-6(10-5)4-9-7-2;1-7-9-3-5-8-2-4(6)10-5;1-4-3-9-5(7-4)8-6-2;1-6-7-5(8)4-2-3-4;1-3(7)4(8)6-5-2/h2-7H,1H2,(H,14,15);3-5,14H,2H2,1H3;2-5H,1,6H2;3-4H,2H2,1H3,(H,12,13);2-4H,1H2,(H,11,12);3-5H,2H2,1H3,(H,9,10);2-4H,1H2,(H,9,10);1-5H2,(H,8,10);3H,2,4H2,1H3;2H,1,3H2;3H,2H2,1H3,(H,7,8);4H,1-3H2,(H,7,8);2H2,1H3,(H,6,8). The van der Waals surface area contributed by atoms with Crippen LogP contribution in [0.4, 0.5) is 35.5 Å². The number of thiazole rings is 3. The molecular formula is C88H100Cl4F3N33O9S4. The number of oxazole rings is 1. The van der Waals surface area contributed by atoms with E-state index in [1.165, 1.54) is 83.8 Å². The monoisotopic (exact) mass is 2090 g/mol. The number of carbonyl (C=O) groups excluding carboxylic acids is 6. The van der Waals surface area contributed by atoms with E-state index in [9.17, 15) is 41.9 Å². The summed E-state index contributed by atoms with van der Waals surface area (Å²) in [6, 6.07) is 37.8. The van der Waals surface area contributed by atoms with Gasteiger partial charge in [0.2, 0.25) is 22.7 Å². The summed E-state index contributed by atoms with van der Waals surface area (Å²) < 4.78 is 43.2. The number of pyridine rings is 5. The van der Waals surface area contributed by atoms with Crippen molar-refractivity contribution in [3.8, 4) is 0 Å². The number of benzene rings is 3. The number of fused-ring (bicyclic) bond motifs is 2. The first-order chi connectivity index (χ1) is 67.5. The lowest BCUT2D eigenvalue weighted by Gasteiger charge is -2.16. The third kappa shape index (κ3) is 53.5. The van der Waals surface area contributed by atoms with Crippen LogP contribution in [0.2, 0.25) is 19.8 Å². The van der Waals surface area contributed by atoms with E-state index in [1.54, 1.807) is 54.9 Å². The number of alkyl halides is 3. The number of hydrazone groups is 10. The number of ketones is 1. The molecule has 1 saturated heterocycles. The molecule has 0 spiro atoms. The lowest BCUT2D eigenvalue weighted by atomic mass is 10.1. The summed E-state index contributed by atoms with van der Waals surface area (Å²) in [6.07, 6.45) is 6.60. The Labute approximate surface area is 846 Å². The first-order valence-electron chi connectivity index (χ1n) is 39.9. The average Bonchev–Trinajstić information content (AvgIpc) is 1.53. The van der Waals surface area contributed by atoms with Crippen LogP contribution in [-0.2, 0) is 50.0 Å². The van der Waals surface area contributed by atoms with E-state index in [0.29, 0.717) is 62.8 Å². The third-order valence-electron chi connectivity index (χ3n) is 15.7. The van der Waals surface area contributed by atoms with Crippen molar-refractivity contribution in [3.05, 3.63) is 249 Å². The molecule has 744 valence electrons. The van der Waals surface area contributed by atoms with Crippen molar-refractivity contribution in [1.29, 1.82) is 0 Å². The number of aryl methyl sites for hydroxylation is 5. The quantitative estimate of drug-likeness (QED) is 0.00751. The second-order valence-corrected chi connectivity index (χ2v) is 31.8. The zero-order chi connectivity index (χ0) is 105. The van der Waals surface area contributed by atoms with Gasteiger partial charge < -0.3 is 19.0 Å². The van der Waals surface area contributed by atoms with Gasteiger partial charge in [-0.05, 0) is 164 Å². The van der Waals surface area contributed by atoms with E-state index in [0.717, 1.165) is 99.0 Å². The SMILES string of the molecule is C=NCc1nc2ccccc2o1.C=NNC(=O)C(C)=O.C=NNC(=O)C1CC1.C=NNC(=O)c1cc(C)nc(Cl)c1.C=NNC(=O)c1ccc2ccccc2n1.C=NNC(=O)c1ccnc(Cl)c1.C=NNC(=S)N1CCCC1.C=NNc1ccc(C)c(C(F)(F)F)c1.C=NNc1cccc(C)n1.C=NNc1ccnc(Cl)c1.C=NNc1nc(C)cs1.C=NOCc1ncc(C)s1.C=NOCc1ncc(Cl)s1. The number of amides is 5. The predicted molar refractivity (Wildman–Crippen MR) is 565 cm³/mol. The van der Waals surface area contributed by atoms with E-state index in [4.69, 9.17) is 67.9 Å². The number of aromatic nitrogens is 9. The molecule has 2 fully saturated rings. The molecule has 14 rings (SSSR count). The van der Waals surface area contributed by atoms with Crippen molar-refractivity contribution in [1.82, 2.24) is 82.3 Å². The Morgan fingerprint density at radius 2 is 1.08 bits per heavy atom. The normalized spacial score (nSPS) is 10.5. The van der Waals surface area contributed by atoms with Gasteiger partial charge in [-0.2, -0.15) is 64.2 Å². The van der Waals surface area contributed by atoms with Gasteiger partial charge in [0, 0.05) is 169 Å². The molecule has 1 aliphatic heterocycles. The van der Waals surface area contributed by atoms with Gasteiger partial charge >= 0.3 is 12.1 Å². The van der Waals surface area contributed by atoms with Gasteiger partial charge in [-0.15, -0.1) is 44.3 Å². The van der Waals surface area contributed by atoms with Crippen molar-refractivity contribution in [3.63, 3.8) is 0 Å². The fourth-order valence-corrected chi connectivity index (χ4v) is 12.6. The van der Waals surface area contributed by atoms with E-state index < -0.39 is 23.4 Å². The highest BCUT2D eigenvalue weighted by Crippen LogP contribution is 2.34. The molecule has 10 N–H and O–H groups in total. The molecule has 2 aliphatic rings. The number of Topliss-reactive ketones (excluding diaryl/α,β-unsaturated/α-hetero) is 1. The average molecular weight is 2090 g/mol. The molecule has 5 amide bonds. The molecule has 141 heavy (non-hydrogen) atoms. The maximum Gasteiger partial charge on any atom is 0.416 e. The van der Waals surface area contributed by atoms with Crippen molar-refractivity contribution in [2.45, 2.75) is 93.2 Å². The van der Waals surface area contributed by atoms with E-state index in [2.05, 4.69) is 257 Å². The zero-order valence-corrected chi connectivity index (χ0v) is 83.3. The van der Waals surface area contributed by atoms with Crippen LogP contribution in [0.15, 0.2) is 234 Å². The van der Waals surface area contributed by atoms with E-state index >= 15 is 0 Å². The third-order valence-corrected chi connectivity index (χ3v) is 19.4. The Kier molecular flexibility index (Phi) is 60.9. The summed E-state index contributed by atoms with van der Waals surface area (Å²) in [4.78, 5) is 117. The highest BCUT2D eigenvalue weighted by Gasteiger charge is 2.33. The number of nitrogens with one attached hydrogen (secondary N) is 10. The van der Waals surface area contributed by atoms with Crippen molar-refractivity contribution in [2.24, 2.45) is 72.2 Å². The highest BCUT2D eigenvalue weighted by molar-refractivity contribution is 7.80. The summed E-state index contributed by atoms with van der Waals surface area (Å²) in [5, 5.41) is 46.9. The minimum atomic E-state index is -4.33. The fourth-order valence-electron chi connectivity index (χ4n) is 9.54. The molecule has 42 nitrogen and oxygen atoms in total. The van der Waals surface area contributed by atoms with Gasteiger partial charge in [-0.25, -0.2) is 72.0 Å². The topological polar surface area (TPSA) is 534 Å². The Morgan fingerprint density at radius 1 is 0.518 bits per heavy atom. The number of thiocarbonyl (C=S) groups is 1. The zero-order valence-electron chi connectivity index (χ0n) is 77.0. The van der Waals surface area contributed by atoms with Crippen LogP contribution in [-0.4, -0.2) is 191 Å². The maximum atomic E-state index is 12.4. The van der Waals surface area contributed by atoms with Crippen LogP contribution in [0.5, 0.6) is 0 Å². The number of oxime groups is 2. The van der Waals surface area contributed by atoms with Crippen LogP contribution >= 0.6 is 92.6 Å². The van der Waals surface area contributed by atoms with Crippen LogP contribution in [0, 0.1) is 40.5 Å². The Balaban J connectivity index is 0.000000518. The fraction of sp³-hybridized carbons (Fsp3) is 0.193. The predicted octanol–water partition coefficient (Wildman–Crippen LogP) is 17.3. The lowest BCUT2D eigenvalue weighted by Crippen LogP contribution is -2.34. The number of hydrogen-bond donors (Lipinski definition) is 10. The molecule has 53 heteroatoms. The molecule has 0 unspecified atom stereocenters. The highest BCUT2D eigenvalue weighted by atomic mass is 35.5. The van der Waals surface area contributed by atoms with Gasteiger partial charge in [0.1, 0.15) is 53.4 Å². The number of nitrogens with zero attached hydrogens (tertiary/aromatic N) is 23. The molecular weight excluding hydrogens is 1990 g/mol. The largest absolute Gasteiger partial charge is 0.439 e. The molecule has 1 aliphatic carbocycles. The number of carbonyl (C=O) groups is 6. The second-order valence-electron chi connectivity index (χ2n) is 26.3. The Hall–Kier alpha value is -15.8. The number of hydrogen-bond acceptors (Lipinski definition) is 39. The number of anilines is 4. The summed E-state index contributed by atoms with van der Waals surface area (Å²) >= 11 is 31.9. The first-order valence-corrected chi connectivity index (χ1v) is 44.4. The van der Waals surface area contributed by atoms with Crippen LogP contribution in [0.3, 0.4) is 0 Å². The van der Waals surface area contributed by atoms with Gasteiger partial charge in [-0.1, -0.05) is 94.9 Å². The summed E-state index contributed by atoms with van der Waals surface area (Å²) in [6.45, 7) is 55.0. The van der Waals surface area contributed by atoms with Crippen LogP contribution in [0.25, 0.3) is 22.0 Å².